The molecule has 28 heavy (non-hydrogen) atoms. The highest BCUT2D eigenvalue weighted by molar-refractivity contribution is 5.87. The maximum Gasteiger partial charge on any atom is 0.331 e. The van der Waals surface area contributed by atoms with E-state index < -0.39 is 5.60 Å². The van der Waals surface area contributed by atoms with Crippen LogP contribution in [-0.4, -0.2) is 27.9 Å². The standard InChI is InChI=1S/C24H34O4/c1-16(2)19-11-14-23(3)12-6-13-24(4,27)22(23)21(19)28-20(26)10-9-17-7-5-8-18(25)15-17/h5,7-10,15-16,19,21-22,25,27H,6,11-14H2,1-4H3/t19-,21+,22+,23+,24-/m0/s1. The van der Waals surface area contributed by atoms with E-state index in [4.69, 9.17) is 4.74 Å². The molecule has 0 amide bonds. The first-order chi connectivity index (χ1) is 13.1. The predicted octanol–water partition coefficient (Wildman–Crippen LogP) is 4.94. The van der Waals surface area contributed by atoms with Crippen LogP contribution in [0.4, 0.5) is 0 Å². The normalized spacial score (nSPS) is 35.7. The third-order valence-corrected chi connectivity index (χ3v) is 7.04. The molecule has 0 heterocycles. The SMILES string of the molecule is CC(C)[C@@H]1CC[C@@]2(C)CCC[C@](C)(O)[C@@H]2[C@@H]1OC(=O)C=Cc1cccc(O)c1. The van der Waals surface area contributed by atoms with Gasteiger partial charge >= 0.3 is 5.97 Å². The van der Waals surface area contributed by atoms with Gasteiger partial charge in [0.25, 0.3) is 0 Å². The summed E-state index contributed by atoms with van der Waals surface area (Å²) in [7, 11) is 0. The molecule has 2 aliphatic carbocycles. The molecule has 2 N–H and O–H groups in total. The largest absolute Gasteiger partial charge is 0.508 e. The molecule has 154 valence electrons. The van der Waals surface area contributed by atoms with Crippen molar-refractivity contribution in [2.24, 2.45) is 23.2 Å². The second-order valence-electron chi connectivity index (χ2n) is 9.62. The van der Waals surface area contributed by atoms with E-state index in [0.29, 0.717) is 5.92 Å². The molecule has 1 aromatic carbocycles. The third kappa shape index (κ3) is 4.27. The summed E-state index contributed by atoms with van der Waals surface area (Å²) < 4.78 is 6.04. The summed E-state index contributed by atoms with van der Waals surface area (Å²) >= 11 is 0. The lowest BCUT2D eigenvalue weighted by molar-refractivity contribution is -0.201. The van der Waals surface area contributed by atoms with E-state index in [0.717, 1.165) is 37.7 Å². The molecule has 3 rings (SSSR count). The van der Waals surface area contributed by atoms with Gasteiger partial charge in [0.15, 0.2) is 0 Å². The van der Waals surface area contributed by atoms with Crippen LogP contribution in [0.1, 0.15) is 65.4 Å². The number of carbonyl (C=O) groups is 1. The highest BCUT2D eigenvalue weighted by Gasteiger charge is 2.57. The molecular weight excluding hydrogens is 352 g/mol. The van der Waals surface area contributed by atoms with E-state index in [9.17, 15) is 15.0 Å². The molecule has 0 spiro atoms. The monoisotopic (exact) mass is 386 g/mol. The van der Waals surface area contributed by atoms with Gasteiger partial charge in [-0.1, -0.05) is 39.3 Å². The van der Waals surface area contributed by atoms with Gasteiger partial charge < -0.3 is 14.9 Å². The van der Waals surface area contributed by atoms with Gasteiger partial charge in [0.1, 0.15) is 11.9 Å². The van der Waals surface area contributed by atoms with Crippen molar-refractivity contribution >= 4 is 12.0 Å². The van der Waals surface area contributed by atoms with Crippen LogP contribution in [0.3, 0.4) is 0 Å². The van der Waals surface area contributed by atoms with Crippen LogP contribution in [0.2, 0.25) is 0 Å². The van der Waals surface area contributed by atoms with Crippen LogP contribution in [-0.2, 0) is 9.53 Å². The zero-order valence-corrected chi connectivity index (χ0v) is 17.5. The molecule has 0 unspecified atom stereocenters. The summed E-state index contributed by atoms with van der Waals surface area (Å²) in [4.78, 5) is 12.7. The molecule has 1 aromatic rings. The maximum atomic E-state index is 12.7. The number of phenols is 1. The number of benzene rings is 1. The number of aliphatic hydroxyl groups is 1. The van der Waals surface area contributed by atoms with Crippen molar-refractivity contribution in [1.29, 1.82) is 0 Å². The Balaban J connectivity index is 1.83. The first-order valence-corrected chi connectivity index (χ1v) is 10.5. The molecule has 0 bridgehead atoms. The fraction of sp³-hybridized carbons (Fsp3) is 0.625. The Morgan fingerprint density at radius 3 is 2.68 bits per heavy atom. The molecule has 2 fully saturated rings. The first kappa shape index (κ1) is 20.9. The van der Waals surface area contributed by atoms with Crippen molar-refractivity contribution in [2.45, 2.75) is 71.5 Å². The van der Waals surface area contributed by atoms with Crippen molar-refractivity contribution in [1.82, 2.24) is 0 Å². The smallest absolute Gasteiger partial charge is 0.331 e. The lowest BCUT2D eigenvalue weighted by Gasteiger charge is -2.57. The molecule has 5 atom stereocenters. The molecule has 0 aromatic heterocycles. The summed E-state index contributed by atoms with van der Waals surface area (Å²) in [5.41, 5.74) is -0.0662. The molecule has 0 radical (unpaired) electrons. The lowest BCUT2D eigenvalue weighted by Crippen LogP contribution is -2.59. The van der Waals surface area contributed by atoms with Gasteiger partial charge in [0.05, 0.1) is 5.60 Å². The minimum Gasteiger partial charge on any atom is -0.508 e. The van der Waals surface area contributed by atoms with Gasteiger partial charge in [-0.15, -0.1) is 0 Å². The van der Waals surface area contributed by atoms with Gasteiger partial charge in [0, 0.05) is 12.0 Å². The zero-order chi connectivity index (χ0) is 20.5. The highest BCUT2D eigenvalue weighted by Crippen LogP contribution is 2.57. The highest BCUT2D eigenvalue weighted by atomic mass is 16.5. The Hall–Kier alpha value is -1.81. The second-order valence-corrected chi connectivity index (χ2v) is 9.62. The van der Waals surface area contributed by atoms with E-state index in [1.54, 1.807) is 24.3 Å². The Morgan fingerprint density at radius 1 is 1.25 bits per heavy atom. The number of ether oxygens (including phenoxy) is 1. The van der Waals surface area contributed by atoms with Crippen molar-refractivity contribution in [2.75, 3.05) is 0 Å². The van der Waals surface area contributed by atoms with E-state index in [-0.39, 0.29) is 35.1 Å². The summed E-state index contributed by atoms with van der Waals surface area (Å²) in [6.45, 7) is 8.52. The van der Waals surface area contributed by atoms with Crippen LogP contribution in [0.15, 0.2) is 30.3 Å². The number of rotatable bonds is 4. The Kier molecular flexibility index (Phi) is 5.90. The minimum absolute atomic E-state index is 0.00697. The Labute approximate surface area is 168 Å². The molecule has 0 saturated heterocycles. The van der Waals surface area contributed by atoms with Crippen molar-refractivity contribution < 1.29 is 19.7 Å². The molecule has 2 saturated carbocycles. The molecular formula is C24H34O4. The van der Waals surface area contributed by atoms with Crippen molar-refractivity contribution in [3.63, 3.8) is 0 Å². The lowest BCUT2D eigenvalue weighted by atomic mass is 9.51. The average molecular weight is 387 g/mol. The van der Waals surface area contributed by atoms with E-state index >= 15 is 0 Å². The Bertz CT molecular complexity index is 736. The molecule has 4 heteroatoms. The van der Waals surface area contributed by atoms with E-state index in [2.05, 4.69) is 20.8 Å². The van der Waals surface area contributed by atoms with Gasteiger partial charge in [-0.2, -0.15) is 0 Å². The quantitative estimate of drug-likeness (QED) is 0.568. The van der Waals surface area contributed by atoms with Gasteiger partial charge in [0.2, 0.25) is 0 Å². The molecule has 0 aliphatic heterocycles. The minimum atomic E-state index is -0.819. The second kappa shape index (κ2) is 7.90. The van der Waals surface area contributed by atoms with Gasteiger partial charge in [-0.3, -0.25) is 0 Å². The van der Waals surface area contributed by atoms with Gasteiger partial charge in [-0.25, -0.2) is 4.79 Å². The number of aromatic hydroxyl groups is 1. The third-order valence-electron chi connectivity index (χ3n) is 7.04. The number of carbonyl (C=O) groups excluding carboxylic acids is 1. The van der Waals surface area contributed by atoms with Crippen LogP contribution in [0.5, 0.6) is 5.75 Å². The zero-order valence-electron chi connectivity index (χ0n) is 17.5. The fourth-order valence-corrected chi connectivity index (χ4v) is 5.68. The van der Waals surface area contributed by atoms with Gasteiger partial charge in [-0.05, 0) is 73.6 Å². The van der Waals surface area contributed by atoms with Crippen molar-refractivity contribution in [3.05, 3.63) is 35.9 Å². The summed E-state index contributed by atoms with van der Waals surface area (Å²) in [5.74, 6) is 0.366. The summed E-state index contributed by atoms with van der Waals surface area (Å²) in [6, 6.07) is 6.76. The van der Waals surface area contributed by atoms with Crippen LogP contribution in [0.25, 0.3) is 6.08 Å². The van der Waals surface area contributed by atoms with Crippen LogP contribution in [0, 0.1) is 23.2 Å². The number of hydrogen-bond donors (Lipinski definition) is 2. The van der Waals surface area contributed by atoms with Crippen LogP contribution < -0.4 is 0 Å². The van der Waals surface area contributed by atoms with E-state index in [1.165, 1.54) is 6.08 Å². The first-order valence-electron chi connectivity index (χ1n) is 10.5. The maximum absolute atomic E-state index is 12.7. The van der Waals surface area contributed by atoms with Crippen molar-refractivity contribution in [3.8, 4) is 5.75 Å². The number of esters is 1. The number of phenolic OH excluding ortho intramolecular Hbond substituents is 1. The summed E-state index contributed by atoms with van der Waals surface area (Å²) in [5, 5.41) is 20.8. The fourth-order valence-electron chi connectivity index (χ4n) is 5.68. The number of hydrogen-bond acceptors (Lipinski definition) is 4. The Morgan fingerprint density at radius 2 is 2.00 bits per heavy atom. The molecule has 2 aliphatic rings. The average Bonchev–Trinajstić information content (AvgIpc) is 2.59. The van der Waals surface area contributed by atoms with E-state index in [1.807, 2.05) is 13.0 Å². The summed E-state index contributed by atoms with van der Waals surface area (Å²) in [6.07, 6.45) is 7.75. The van der Waals surface area contributed by atoms with Crippen LogP contribution >= 0.6 is 0 Å². The predicted molar refractivity (Wildman–Crippen MR) is 111 cm³/mol. The number of fused-ring (bicyclic) bond motifs is 1. The molecule has 4 nitrogen and oxygen atoms in total. The topological polar surface area (TPSA) is 66.8 Å².